The summed E-state index contributed by atoms with van der Waals surface area (Å²) in [5, 5.41) is 34.0. The highest BCUT2D eigenvalue weighted by Gasteiger charge is 2.67. The Hall–Kier alpha value is 0.0300. The van der Waals surface area contributed by atoms with Crippen molar-refractivity contribution in [3.8, 4) is 0 Å². The third kappa shape index (κ3) is 3.89. The standard InChI is InChI=1S/C29H49BrO4/c1-7-19(16(2)3)26(33)25(32)17(4)21-8-9-22-20-14-24(31)29(34)15-18(30)10-13-28(29,6)23(20)11-12-27(21,22)5/h16-23,25-26,32-34H,7-15H2,1-6H3/t17-,18?,19-,20-,21+,22-,23-,25?,26?,27+,28+,29-/m0/s1. The number of carbonyl (C=O) groups is 1. The zero-order valence-corrected chi connectivity index (χ0v) is 23.9. The van der Waals surface area contributed by atoms with Crippen molar-refractivity contribution in [3.05, 3.63) is 0 Å². The highest BCUT2D eigenvalue weighted by molar-refractivity contribution is 9.09. The molecule has 3 N–H and O–H groups in total. The summed E-state index contributed by atoms with van der Waals surface area (Å²) in [5.41, 5.74) is -1.44. The number of Topliss-reactive ketones (excluding diaryl/α,β-unsaturated/α-hetero) is 1. The molecule has 0 aromatic carbocycles. The Morgan fingerprint density at radius 3 is 2.29 bits per heavy atom. The van der Waals surface area contributed by atoms with E-state index in [1.54, 1.807) is 0 Å². The highest BCUT2D eigenvalue weighted by atomic mass is 79.9. The second-order valence-corrected chi connectivity index (χ2v) is 14.8. The van der Waals surface area contributed by atoms with Gasteiger partial charge in [-0.2, -0.15) is 0 Å². The first-order valence-electron chi connectivity index (χ1n) is 14.1. The second-order valence-electron chi connectivity index (χ2n) is 13.5. The molecule has 0 spiro atoms. The van der Waals surface area contributed by atoms with Crippen molar-refractivity contribution in [1.82, 2.24) is 0 Å². The monoisotopic (exact) mass is 540 g/mol. The second kappa shape index (κ2) is 9.40. The molecule has 4 nitrogen and oxygen atoms in total. The molecule has 5 heteroatoms. The van der Waals surface area contributed by atoms with Gasteiger partial charge in [0.25, 0.3) is 0 Å². The maximum absolute atomic E-state index is 13.5. The largest absolute Gasteiger partial charge is 0.390 e. The molecule has 3 unspecified atom stereocenters. The molecule has 0 saturated heterocycles. The Labute approximate surface area is 215 Å². The Bertz CT molecular complexity index is 771. The summed E-state index contributed by atoms with van der Waals surface area (Å²) in [7, 11) is 0. The summed E-state index contributed by atoms with van der Waals surface area (Å²) in [4.78, 5) is 13.7. The predicted octanol–water partition coefficient (Wildman–Crippen LogP) is 5.74. The van der Waals surface area contributed by atoms with Crippen molar-refractivity contribution in [1.29, 1.82) is 0 Å². The molecule has 4 fully saturated rings. The van der Waals surface area contributed by atoms with Gasteiger partial charge in [-0.1, -0.05) is 63.9 Å². The lowest BCUT2D eigenvalue weighted by atomic mass is 9.43. The van der Waals surface area contributed by atoms with Gasteiger partial charge in [0.05, 0.1) is 12.2 Å². The summed E-state index contributed by atoms with van der Waals surface area (Å²) in [6.45, 7) is 13.1. The van der Waals surface area contributed by atoms with Gasteiger partial charge in [0.1, 0.15) is 5.60 Å². The number of carbonyl (C=O) groups excluding carboxylic acids is 1. The molecule has 0 heterocycles. The van der Waals surface area contributed by atoms with Crippen LogP contribution in [0.2, 0.25) is 0 Å². The van der Waals surface area contributed by atoms with E-state index in [0.717, 1.165) is 44.9 Å². The lowest BCUT2D eigenvalue weighted by Crippen LogP contribution is -2.66. The van der Waals surface area contributed by atoms with Crippen LogP contribution < -0.4 is 0 Å². The number of ketones is 1. The van der Waals surface area contributed by atoms with Crippen molar-refractivity contribution < 1.29 is 20.1 Å². The minimum Gasteiger partial charge on any atom is -0.390 e. The molecular formula is C29H49BrO4. The maximum atomic E-state index is 13.5. The van der Waals surface area contributed by atoms with Gasteiger partial charge in [0, 0.05) is 16.7 Å². The summed E-state index contributed by atoms with van der Waals surface area (Å²) in [5.74, 6) is 2.09. The van der Waals surface area contributed by atoms with Crippen molar-refractivity contribution >= 4 is 21.7 Å². The van der Waals surface area contributed by atoms with E-state index >= 15 is 0 Å². The number of alkyl halides is 1. The van der Waals surface area contributed by atoms with Crippen molar-refractivity contribution in [2.24, 2.45) is 52.3 Å². The smallest absolute Gasteiger partial charge is 0.165 e. The Morgan fingerprint density at radius 2 is 1.68 bits per heavy atom. The van der Waals surface area contributed by atoms with Gasteiger partial charge in [-0.3, -0.25) is 4.79 Å². The van der Waals surface area contributed by atoms with E-state index in [4.69, 9.17) is 0 Å². The summed E-state index contributed by atoms with van der Waals surface area (Å²) in [6.07, 6.45) is 6.77. The molecule has 4 aliphatic rings. The molecule has 0 aliphatic heterocycles. The molecule has 34 heavy (non-hydrogen) atoms. The van der Waals surface area contributed by atoms with Gasteiger partial charge in [-0.15, -0.1) is 0 Å². The lowest BCUT2D eigenvalue weighted by molar-refractivity contribution is -0.203. The minimum absolute atomic E-state index is 0.0324. The number of fused-ring (bicyclic) bond motifs is 5. The van der Waals surface area contributed by atoms with Crippen LogP contribution in [0.3, 0.4) is 0 Å². The topological polar surface area (TPSA) is 77.8 Å². The lowest BCUT2D eigenvalue weighted by Gasteiger charge is -2.63. The van der Waals surface area contributed by atoms with Crippen LogP contribution in [0.25, 0.3) is 0 Å². The fraction of sp³-hybridized carbons (Fsp3) is 0.966. The third-order valence-electron chi connectivity index (χ3n) is 11.9. The molecule has 4 aliphatic carbocycles. The average molecular weight is 542 g/mol. The van der Waals surface area contributed by atoms with E-state index in [-0.39, 0.29) is 33.3 Å². The van der Waals surface area contributed by atoms with E-state index in [2.05, 4.69) is 57.5 Å². The van der Waals surface area contributed by atoms with Gasteiger partial charge in [-0.25, -0.2) is 0 Å². The molecule has 4 rings (SSSR count). The average Bonchev–Trinajstić information content (AvgIpc) is 3.12. The molecule has 0 radical (unpaired) electrons. The summed E-state index contributed by atoms with van der Waals surface area (Å²) in [6, 6.07) is 0. The fourth-order valence-corrected chi connectivity index (χ4v) is 10.5. The van der Waals surface area contributed by atoms with Gasteiger partial charge < -0.3 is 15.3 Å². The Morgan fingerprint density at radius 1 is 1.00 bits per heavy atom. The molecule has 0 bridgehead atoms. The van der Waals surface area contributed by atoms with Crippen LogP contribution in [-0.4, -0.2) is 43.7 Å². The molecule has 0 aromatic heterocycles. The Kier molecular flexibility index (Phi) is 7.49. The van der Waals surface area contributed by atoms with Crippen LogP contribution in [0.15, 0.2) is 0 Å². The molecule has 12 atom stereocenters. The van der Waals surface area contributed by atoms with E-state index in [0.29, 0.717) is 42.4 Å². The summed E-state index contributed by atoms with van der Waals surface area (Å²) >= 11 is 3.70. The number of rotatable bonds is 6. The maximum Gasteiger partial charge on any atom is 0.165 e. The first-order valence-corrected chi connectivity index (χ1v) is 15.0. The van der Waals surface area contributed by atoms with Crippen LogP contribution >= 0.6 is 15.9 Å². The van der Waals surface area contributed by atoms with Crippen molar-refractivity contribution in [2.75, 3.05) is 0 Å². The zero-order chi connectivity index (χ0) is 25.2. The van der Waals surface area contributed by atoms with Gasteiger partial charge in [-0.05, 0) is 91.8 Å². The predicted molar refractivity (Wildman–Crippen MR) is 140 cm³/mol. The van der Waals surface area contributed by atoms with Crippen LogP contribution in [0.1, 0.15) is 99.3 Å². The van der Waals surface area contributed by atoms with E-state index in [1.165, 1.54) is 0 Å². The van der Waals surface area contributed by atoms with Crippen molar-refractivity contribution in [3.63, 3.8) is 0 Å². The van der Waals surface area contributed by atoms with Gasteiger partial charge >= 0.3 is 0 Å². The number of halogens is 1. The summed E-state index contributed by atoms with van der Waals surface area (Å²) < 4.78 is 0. The van der Waals surface area contributed by atoms with Crippen LogP contribution in [0.5, 0.6) is 0 Å². The molecule has 196 valence electrons. The normalized spacial score (nSPS) is 48.0. The van der Waals surface area contributed by atoms with E-state index < -0.39 is 17.8 Å². The first-order chi connectivity index (χ1) is 15.8. The molecule has 4 saturated carbocycles. The van der Waals surface area contributed by atoms with Crippen LogP contribution in [0.4, 0.5) is 0 Å². The number of hydrogen-bond acceptors (Lipinski definition) is 4. The number of hydrogen-bond donors (Lipinski definition) is 3. The molecule has 0 amide bonds. The first kappa shape index (κ1) is 27.1. The van der Waals surface area contributed by atoms with Gasteiger partial charge in [0.15, 0.2) is 5.78 Å². The fourth-order valence-electron chi connectivity index (χ4n) is 9.80. The van der Waals surface area contributed by atoms with Crippen LogP contribution in [0, 0.1) is 52.3 Å². The highest BCUT2D eigenvalue weighted by Crippen LogP contribution is 2.68. The Balaban J connectivity index is 1.57. The molecular weight excluding hydrogens is 492 g/mol. The zero-order valence-electron chi connectivity index (χ0n) is 22.3. The van der Waals surface area contributed by atoms with Gasteiger partial charge in [0.2, 0.25) is 0 Å². The van der Waals surface area contributed by atoms with E-state index in [9.17, 15) is 20.1 Å². The minimum atomic E-state index is -1.19. The quantitative estimate of drug-likeness (QED) is 0.375. The van der Waals surface area contributed by atoms with Crippen LogP contribution in [-0.2, 0) is 4.79 Å². The third-order valence-corrected chi connectivity index (χ3v) is 12.7. The number of aliphatic hydroxyl groups excluding tert-OH is 2. The SMILES string of the molecule is CC[C@@H](C(C)C)C(O)C(O)[C@@H](C)[C@H]1CC[C@H]2[C@@H]3CC(=O)[C@@]4(O)CC(Br)CC[C@]4(C)[C@H]3CC[C@]12C. The van der Waals surface area contributed by atoms with Crippen molar-refractivity contribution in [2.45, 2.75) is 122 Å². The number of aliphatic hydroxyl groups is 3. The molecule has 0 aromatic rings. The van der Waals surface area contributed by atoms with E-state index in [1.807, 2.05) is 0 Å².